The van der Waals surface area contributed by atoms with Crippen molar-refractivity contribution in [3.8, 4) is 0 Å². The number of nitrogens with zero attached hydrogens (tertiary/aromatic N) is 4. The number of rotatable bonds is 11. The average Bonchev–Trinajstić information content (AvgIpc) is 3.52. The van der Waals surface area contributed by atoms with Crippen LogP contribution in [0.25, 0.3) is 11.0 Å². The van der Waals surface area contributed by atoms with Gasteiger partial charge < -0.3 is 44.3 Å². The van der Waals surface area contributed by atoms with Gasteiger partial charge in [-0.25, -0.2) is 14.6 Å². The number of aliphatic hydroxyl groups excluding tert-OH is 2. The van der Waals surface area contributed by atoms with E-state index in [0.29, 0.717) is 22.7 Å². The van der Waals surface area contributed by atoms with Crippen LogP contribution in [0.5, 0.6) is 0 Å². The van der Waals surface area contributed by atoms with E-state index in [1.807, 2.05) is 0 Å². The SMILES string of the molecule is COCc1nc(NC2CCCC2)c2cnn([C@@H]3O[C@H](COC(COC)P(=O)(O)O)[C@@H](O)[C@H]3O)c2n1. The molecule has 0 amide bonds. The Hall–Kier alpha value is -1.74. The lowest BCUT2D eigenvalue weighted by Crippen LogP contribution is -2.35. The maximum Gasteiger partial charge on any atom is 0.356 e. The van der Waals surface area contributed by atoms with E-state index in [1.54, 1.807) is 6.20 Å². The minimum atomic E-state index is -4.61. The van der Waals surface area contributed by atoms with Crippen molar-refractivity contribution in [3.05, 3.63) is 12.0 Å². The van der Waals surface area contributed by atoms with Gasteiger partial charge in [0.2, 0.25) is 0 Å². The number of aromatic nitrogens is 4. The molecule has 2 aromatic rings. The zero-order valence-corrected chi connectivity index (χ0v) is 20.5. The maximum absolute atomic E-state index is 11.6. The summed E-state index contributed by atoms with van der Waals surface area (Å²) in [6.07, 6.45) is 0.961. The van der Waals surface area contributed by atoms with Crippen LogP contribution >= 0.6 is 7.60 Å². The van der Waals surface area contributed by atoms with Gasteiger partial charge in [0.25, 0.3) is 0 Å². The van der Waals surface area contributed by atoms with E-state index in [-0.39, 0.29) is 25.9 Å². The Balaban J connectivity index is 1.57. The van der Waals surface area contributed by atoms with Crippen molar-refractivity contribution in [2.45, 2.75) is 68.7 Å². The molecule has 2 fully saturated rings. The number of nitrogens with one attached hydrogen (secondary N) is 1. The standard InChI is InChI=1S/C20H32N5O9P/c1-31-9-14-23-18(22-11-5-3-4-6-11)12-7-21-25(19(12)24-14)20-17(27)16(26)13(34-20)8-33-15(10-32-2)35(28,29)30/h7,11,13,15-17,20,26-27H,3-6,8-10H2,1-2H3,(H,22,23,24)(H2,28,29,30)/t13-,15?,16-,17-,20-/m1/s1. The van der Waals surface area contributed by atoms with Gasteiger partial charge in [0.1, 0.15) is 30.7 Å². The van der Waals surface area contributed by atoms with Crippen molar-refractivity contribution in [2.24, 2.45) is 0 Å². The van der Waals surface area contributed by atoms with Crippen LogP contribution in [0.4, 0.5) is 5.82 Å². The zero-order chi connectivity index (χ0) is 25.2. The Kier molecular flexibility index (Phi) is 8.36. The second-order valence-corrected chi connectivity index (χ2v) is 10.5. The fourth-order valence-corrected chi connectivity index (χ4v) is 5.01. The van der Waals surface area contributed by atoms with Gasteiger partial charge in [0.05, 0.1) is 24.8 Å². The van der Waals surface area contributed by atoms with Crippen molar-refractivity contribution >= 4 is 24.4 Å². The van der Waals surface area contributed by atoms with Crippen LogP contribution < -0.4 is 5.32 Å². The third kappa shape index (κ3) is 5.82. The van der Waals surface area contributed by atoms with E-state index in [2.05, 4.69) is 20.4 Å². The second-order valence-electron chi connectivity index (χ2n) is 8.75. The Labute approximate surface area is 201 Å². The van der Waals surface area contributed by atoms with Crippen molar-refractivity contribution in [3.63, 3.8) is 0 Å². The van der Waals surface area contributed by atoms with Gasteiger partial charge in [0.15, 0.2) is 23.5 Å². The van der Waals surface area contributed by atoms with Crippen molar-refractivity contribution < 1.29 is 43.5 Å². The summed E-state index contributed by atoms with van der Waals surface area (Å²) in [7, 11) is -1.79. The highest BCUT2D eigenvalue weighted by Crippen LogP contribution is 2.42. The molecule has 1 unspecified atom stereocenters. The third-order valence-electron chi connectivity index (χ3n) is 6.19. The first-order valence-electron chi connectivity index (χ1n) is 11.4. The van der Waals surface area contributed by atoms with Gasteiger partial charge in [-0.2, -0.15) is 5.10 Å². The molecular formula is C20H32N5O9P. The fourth-order valence-electron chi connectivity index (χ4n) is 4.38. The normalized spacial score (nSPS) is 26.6. The number of methoxy groups -OCH3 is 2. The van der Waals surface area contributed by atoms with Crippen LogP contribution in [0.1, 0.15) is 37.7 Å². The number of hydrogen-bond donors (Lipinski definition) is 5. The molecule has 0 bridgehead atoms. The Morgan fingerprint density at radius 1 is 1.20 bits per heavy atom. The highest BCUT2D eigenvalue weighted by molar-refractivity contribution is 7.52. The summed E-state index contributed by atoms with van der Waals surface area (Å²) in [5, 5.41) is 29.7. The average molecular weight is 517 g/mol. The van der Waals surface area contributed by atoms with Crippen molar-refractivity contribution in [2.75, 3.05) is 32.8 Å². The molecule has 0 radical (unpaired) electrons. The fraction of sp³-hybridized carbons (Fsp3) is 0.750. The molecule has 15 heteroatoms. The molecule has 1 saturated carbocycles. The zero-order valence-electron chi connectivity index (χ0n) is 19.6. The molecule has 35 heavy (non-hydrogen) atoms. The van der Waals surface area contributed by atoms with Gasteiger partial charge in [-0.15, -0.1) is 0 Å². The molecule has 5 N–H and O–H groups in total. The van der Waals surface area contributed by atoms with Crippen LogP contribution in [0.3, 0.4) is 0 Å². The largest absolute Gasteiger partial charge is 0.387 e. The maximum atomic E-state index is 11.6. The molecule has 14 nitrogen and oxygen atoms in total. The predicted octanol–water partition coefficient (Wildman–Crippen LogP) is 0.113. The summed E-state index contributed by atoms with van der Waals surface area (Å²) >= 11 is 0. The third-order valence-corrected chi connectivity index (χ3v) is 7.23. The molecule has 1 saturated heterocycles. The summed E-state index contributed by atoms with van der Waals surface area (Å²) in [6.45, 7) is -0.568. The van der Waals surface area contributed by atoms with E-state index >= 15 is 0 Å². The highest BCUT2D eigenvalue weighted by atomic mass is 31.2. The van der Waals surface area contributed by atoms with E-state index in [9.17, 15) is 24.6 Å². The lowest BCUT2D eigenvalue weighted by atomic mass is 10.1. The summed E-state index contributed by atoms with van der Waals surface area (Å²) in [6, 6.07) is 0.289. The van der Waals surface area contributed by atoms with Gasteiger partial charge >= 0.3 is 7.60 Å². The summed E-state index contributed by atoms with van der Waals surface area (Å²) in [5.74, 6) is -0.505. The Morgan fingerprint density at radius 3 is 2.60 bits per heavy atom. The first-order valence-corrected chi connectivity index (χ1v) is 13.1. The quantitative estimate of drug-likeness (QED) is 0.253. The van der Waals surface area contributed by atoms with Gasteiger partial charge in [-0.05, 0) is 12.8 Å². The minimum Gasteiger partial charge on any atom is -0.387 e. The van der Waals surface area contributed by atoms with Crippen LogP contribution in [0.15, 0.2) is 6.20 Å². The topological polar surface area (TPSA) is 191 Å². The molecule has 0 aromatic carbocycles. The number of hydrogen-bond acceptors (Lipinski definition) is 11. The molecule has 196 valence electrons. The number of anilines is 1. The minimum absolute atomic E-state index is 0.164. The molecule has 3 heterocycles. The molecule has 2 aliphatic rings. The van der Waals surface area contributed by atoms with Crippen molar-refractivity contribution in [1.82, 2.24) is 19.7 Å². The number of aliphatic hydroxyl groups is 2. The molecule has 1 aliphatic heterocycles. The van der Waals surface area contributed by atoms with E-state index in [1.165, 1.54) is 18.9 Å². The molecular weight excluding hydrogens is 485 g/mol. The molecule has 4 rings (SSSR count). The first kappa shape index (κ1) is 26.3. The molecule has 0 spiro atoms. The number of fused-ring (bicyclic) bond motifs is 1. The lowest BCUT2D eigenvalue weighted by molar-refractivity contribution is -0.0826. The van der Waals surface area contributed by atoms with Crippen LogP contribution in [0, 0.1) is 0 Å². The Morgan fingerprint density at radius 2 is 1.94 bits per heavy atom. The summed E-state index contributed by atoms with van der Waals surface area (Å²) in [5.41, 5.74) is 0.387. The van der Waals surface area contributed by atoms with E-state index < -0.39 is 38.0 Å². The number of ether oxygens (including phenoxy) is 4. The predicted molar refractivity (Wildman–Crippen MR) is 121 cm³/mol. The molecule has 5 atom stereocenters. The second kappa shape index (κ2) is 11.1. The van der Waals surface area contributed by atoms with E-state index in [0.717, 1.165) is 25.7 Å². The van der Waals surface area contributed by atoms with Crippen LogP contribution in [-0.2, 0) is 30.1 Å². The van der Waals surface area contributed by atoms with Crippen LogP contribution in [0.2, 0.25) is 0 Å². The molecule has 1 aliphatic carbocycles. The van der Waals surface area contributed by atoms with Gasteiger partial charge in [-0.3, -0.25) is 4.57 Å². The van der Waals surface area contributed by atoms with Gasteiger partial charge in [-0.1, -0.05) is 12.8 Å². The van der Waals surface area contributed by atoms with Crippen LogP contribution in [-0.4, -0.2) is 97.4 Å². The molecule has 2 aromatic heterocycles. The monoisotopic (exact) mass is 517 g/mol. The lowest BCUT2D eigenvalue weighted by Gasteiger charge is -2.21. The summed E-state index contributed by atoms with van der Waals surface area (Å²) in [4.78, 5) is 27.9. The van der Waals surface area contributed by atoms with Gasteiger partial charge in [0, 0.05) is 20.3 Å². The van der Waals surface area contributed by atoms with E-state index in [4.69, 9.17) is 18.9 Å². The summed E-state index contributed by atoms with van der Waals surface area (Å²) < 4.78 is 34.1. The highest BCUT2D eigenvalue weighted by Gasteiger charge is 2.46. The first-order chi connectivity index (χ1) is 16.7. The smallest absolute Gasteiger partial charge is 0.356 e. The van der Waals surface area contributed by atoms with Crippen molar-refractivity contribution in [1.29, 1.82) is 0 Å². The Bertz CT molecular complexity index is 1040.